The Morgan fingerprint density at radius 2 is 1.66 bits per heavy atom. The van der Waals surface area contributed by atoms with Crippen molar-refractivity contribution in [1.82, 2.24) is 0 Å². The fourth-order valence-electron chi connectivity index (χ4n) is 4.01. The van der Waals surface area contributed by atoms with Gasteiger partial charge in [0.2, 0.25) is 0 Å². The molecule has 3 aromatic rings. The van der Waals surface area contributed by atoms with Gasteiger partial charge in [-0.1, -0.05) is 61.9 Å². The average molecular weight is 517 g/mol. The summed E-state index contributed by atoms with van der Waals surface area (Å²) >= 11 is 0. The van der Waals surface area contributed by atoms with E-state index in [0.29, 0.717) is 6.42 Å². The second kappa shape index (κ2) is 10.4. The van der Waals surface area contributed by atoms with Crippen molar-refractivity contribution in [3.63, 3.8) is 0 Å². The van der Waals surface area contributed by atoms with Crippen molar-refractivity contribution in [1.29, 1.82) is 0 Å². The molecule has 0 radical (unpaired) electrons. The number of rotatable bonds is 9. The second-order valence-electron chi connectivity index (χ2n) is 8.30. The van der Waals surface area contributed by atoms with Crippen molar-refractivity contribution in [3.05, 3.63) is 89.5 Å². The zero-order chi connectivity index (χ0) is 25.1. The van der Waals surface area contributed by atoms with Crippen LogP contribution in [-0.2, 0) is 21.2 Å². The molecule has 0 aliphatic carbocycles. The molecule has 3 aromatic carbocycles. The van der Waals surface area contributed by atoms with Crippen LogP contribution < -0.4 is 4.74 Å². The van der Waals surface area contributed by atoms with Crippen molar-refractivity contribution >= 4 is 26.4 Å². The van der Waals surface area contributed by atoms with E-state index in [0.717, 1.165) is 12.0 Å². The normalized spacial score (nSPS) is 17.4. The van der Waals surface area contributed by atoms with E-state index in [1.165, 1.54) is 24.3 Å². The van der Waals surface area contributed by atoms with E-state index < -0.39 is 37.4 Å². The van der Waals surface area contributed by atoms with E-state index in [2.05, 4.69) is 0 Å². The number of sulfone groups is 1. The highest BCUT2D eigenvalue weighted by molar-refractivity contribution is 8.25. The topological polar surface area (TPSA) is 110 Å². The molecule has 0 spiro atoms. The summed E-state index contributed by atoms with van der Waals surface area (Å²) in [5, 5.41) is -1.27. The molecule has 35 heavy (non-hydrogen) atoms. The van der Waals surface area contributed by atoms with Gasteiger partial charge in [0.15, 0.2) is 9.84 Å². The predicted octanol–water partition coefficient (Wildman–Crippen LogP) is 5.86. The van der Waals surface area contributed by atoms with Gasteiger partial charge >= 0.3 is 5.97 Å². The zero-order valence-corrected chi connectivity index (χ0v) is 20.9. The van der Waals surface area contributed by atoms with Gasteiger partial charge < -0.3 is 9.47 Å². The van der Waals surface area contributed by atoms with E-state index in [1.807, 2.05) is 37.3 Å². The van der Waals surface area contributed by atoms with Crippen LogP contribution in [0.2, 0.25) is 0 Å². The smallest absolute Gasteiger partial charge is 0.342 e. The molecular weight excluding hydrogens is 488 g/mol. The van der Waals surface area contributed by atoms with E-state index in [9.17, 15) is 22.3 Å². The Kier molecular flexibility index (Phi) is 7.51. The van der Waals surface area contributed by atoms with Crippen LogP contribution in [0.1, 0.15) is 46.5 Å². The van der Waals surface area contributed by atoms with Crippen LogP contribution in [0, 0.1) is 0 Å². The van der Waals surface area contributed by atoms with Crippen LogP contribution in [-0.4, -0.2) is 35.9 Å². The van der Waals surface area contributed by atoms with Gasteiger partial charge in [-0.05, 0) is 36.2 Å². The Balaban J connectivity index is 1.78. The SMILES string of the molecule is CCCCOc1c(C(=O)OCc2ccccc2)ccc2c1C(S(=O)(=O)c1ccccc1)CS2(O)O. The van der Waals surface area contributed by atoms with Crippen LogP contribution >= 0.6 is 10.6 Å². The number of esters is 1. The first-order valence-corrected chi connectivity index (χ1v) is 14.6. The monoisotopic (exact) mass is 516 g/mol. The first-order chi connectivity index (χ1) is 16.8. The molecule has 0 bridgehead atoms. The molecule has 1 aliphatic heterocycles. The van der Waals surface area contributed by atoms with E-state index >= 15 is 0 Å². The maximum absolute atomic E-state index is 13.6. The maximum Gasteiger partial charge on any atom is 0.342 e. The molecule has 7 nitrogen and oxygen atoms in total. The van der Waals surface area contributed by atoms with Crippen LogP contribution in [0.4, 0.5) is 0 Å². The Hall–Kier alpha value is -2.85. The average Bonchev–Trinajstić information content (AvgIpc) is 3.15. The second-order valence-corrected chi connectivity index (χ2v) is 12.5. The summed E-state index contributed by atoms with van der Waals surface area (Å²) in [4.78, 5) is 13.2. The van der Waals surface area contributed by atoms with E-state index in [1.54, 1.807) is 18.2 Å². The molecule has 1 heterocycles. The third-order valence-corrected chi connectivity index (χ3v) is 9.99. The summed E-state index contributed by atoms with van der Waals surface area (Å²) < 4.78 is 60.2. The van der Waals surface area contributed by atoms with Crippen molar-refractivity contribution in [2.24, 2.45) is 0 Å². The highest BCUT2D eigenvalue weighted by Gasteiger charge is 2.46. The first-order valence-electron chi connectivity index (χ1n) is 11.3. The number of hydrogen-bond acceptors (Lipinski definition) is 7. The minimum absolute atomic E-state index is 0.0338. The zero-order valence-electron chi connectivity index (χ0n) is 19.3. The van der Waals surface area contributed by atoms with Gasteiger partial charge in [0.05, 0.1) is 22.2 Å². The van der Waals surface area contributed by atoms with Gasteiger partial charge in [-0.15, -0.1) is 0 Å². The van der Waals surface area contributed by atoms with Crippen LogP contribution in [0.5, 0.6) is 5.75 Å². The van der Waals surface area contributed by atoms with Gasteiger partial charge in [0.25, 0.3) is 0 Å². The number of ether oxygens (including phenoxy) is 2. The molecule has 0 aromatic heterocycles. The molecule has 0 saturated carbocycles. The fraction of sp³-hybridized carbons (Fsp3) is 0.269. The molecule has 1 unspecified atom stereocenters. The molecule has 0 saturated heterocycles. The lowest BCUT2D eigenvalue weighted by Gasteiger charge is -2.27. The van der Waals surface area contributed by atoms with Crippen LogP contribution in [0.25, 0.3) is 0 Å². The molecule has 1 atom stereocenters. The van der Waals surface area contributed by atoms with Gasteiger partial charge in [-0.3, -0.25) is 9.11 Å². The van der Waals surface area contributed by atoms with Crippen LogP contribution in [0.3, 0.4) is 0 Å². The lowest BCUT2D eigenvalue weighted by molar-refractivity contribution is 0.0467. The van der Waals surface area contributed by atoms with Gasteiger partial charge in [-0.2, -0.15) is 10.6 Å². The quantitative estimate of drug-likeness (QED) is 0.271. The Morgan fingerprint density at radius 1 is 1.00 bits per heavy atom. The number of fused-ring (bicyclic) bond motifs is 1. The lowest BCUT2D eigenvalue weighted by atomic mass is 10.1. The van der Waals surface area contributed by atoms with Gasteiger partial charge in [0, 0.05) is 5.56 Å². The molecule has 2 N–H and O–H groups in total. The summed E-state index contributed by atoms with van der Waals surface area (Å²) in [6.45, 7) is 2.25. The molecule has 9 heteroatoms. The third kappa shape index (κ3) is 5.23. The number of hydrogen-bond donors (Lipinski definition) is 2. The number of unbranched alkanes of at least 4 members (excludes halogenated alkanes) is 1. The fourth-order valence-corrected chi connectivity index (χ4v) is 8.42. The minimum atomic E-state index is -4.01. The molecule has 186 valence electrons. The molecule has 0 fully saturated rings. The van der Waals surface area contributed by atoms with E-state index in [4.69, 9.17) is 9.47 Å². The molecule has 4 rings (SSSR count). The standard InChI is InChI=1S/C26H28O7S2/c1-2-3-16-32-25-21(26(27)33-17-19-10-6-4-7-11-19)14-15-22-24(25)23(18-34(22,28)29)35(30,31)20-12-8-5-9-13-20/h4-15,23,28-29H,2-3,16-18H2,1H3. The summed E-state index contributed by atoms with van der Waals surface area (Å²) in [6.07, 6.45) is 1.50. The lowest BCUT2D eigenvalue weighted by Crippen LogP contribution is -2.17. The Bertz CT molecular complexity index is 1290. The number of carbonyl (C=O) groups excluding carboxylic acids is 1. The molecular formula is C26H28O7S2. The van der Waals surface area contributed by atoms with Gasteiger partial charge in [0.1, 0.15) is 23.2 Å². The predicted molar refractivity (Wildman–Crippen MR) is 135 cm³/mol. The summed E-state index contributed by atoms with van der Waals surface area (Å²) in [6, 6.07) is 19.8. The third-order valence-electron chi connectivity index (χ3n) is 5.84. The summed E-state index contributed by atoms with van der Waals surface area (Å²) in [7, 11) is -7.41. The van der Waals surface area contributed by atoms with E-state index in [-0.39, 0.29) is 39.9 Å². The van der Waals surface area contributed by atoms with Crippen molar-refractivity contribution in [2.75, 3.05) is 12.4 Å². The first kappa shape index (κ1) is 25.2. The number of benzene rings is 3. The highest BCUT2D eigenvalue weighted by atomic mass is 32.3. The Labute approximate surface area is 207 Å². The summed E-state index contributed by atoms with van der Waals surface area (Å²) in [5.74, 6) is -1.04. The summed E-state index contributed by atoms with van der Waals surface area (Å²) in [5.41, 5.74) is 0.981. The van der Waals surface area contributed by atoms with Crippen molar-refractivity contribution in [2.45, 2.75) is 41.4 Å². The Morgan fingerprint density at radius 3 is 2.31 bits per heavy atom. The maximum atomic E-state index is 13.6. The minimum Gasteiger partial charge on any atom is -0.492 e. The highest BCUT2D eigenvalue weighted by Crippen LogP contribution is 2.63. The largest absolute Gasteiger partial charge is 0.492 e. The van der Waals surface area contributed by atoms with Gasteiger partial charge in [-0.25, -0.2) is 13.2 Å². The molecule has 1 aliphatic rings. The number of carbonyl (C=O) groups is 1. The van der Waals surface area contributed by atoms with Crippen molar-refractivity contribution in [3.8, 4) is 5.75 Å². The van der Waals surface area contributed by atoms with Crippen LogP contribution in [0.15, 0.2) is 82.6 Å². The van der Waals surface area contributed by atoms with Crippen molar-refractivity contribution < 1.29 is 31.8 Å². The molecule has 0 amide bonds.